The molecular formula is C33H57O12Y. The zero-order valence-corrected chi connectivity index (χ0v) is 33.2. The zero-order chi connectivity index (χ0) is 37.3. The molecule has 0 rings (SSSR count). The van der Waals surface area contributed by atoms with Crippen LogP contribution in [-0.4, -0.2) is 65.3 Å². The van der Waals surface area contributed by atoms with Crippen LogP contribution in [0.15, 0.2) is 0 Å². The number of aliphatic hydroxyl groups is 6. The molecule has 0 aromatic heterocycles. The predicted octanol–water partition coefficient (Wildman–Crippen LogP) is 5.46. The first kappa shape index (κ1) is 51.7. The third-order valence-corrected chi connectivity index (χ3v) is 7.24. The van der Waals surface area contributed by atoms with Crippen molar-refractivity contribution in [1.82, 2.24) is 0 Å². The van der Waals surface area contributed by atoms with Gasteiger partial charge in [0.15, 0.2) is 0 Å². The molecule has 264 valence electrons. The van der Waals surface area contributed by atoms with Gasteiger partial charge in [0.1, 0.15) is 34.7 Å². The van der Waals surface area contributed by atoms with Gasteiger partial charge in [0.25, 0.3) is 0 Å². The van der Waals surface area contributed by atoms with Gasteiger partial charge in [-0.3, -0.25) is 14.4 Å². The second kappa shape index (κ2) is 19.2. The second-order valence-electron chi connectivity index (χ2n) is 15.7. The van der Waals surface area contributed by atoms with Crippen molar-refractivity contribution in [2.75, 3.05) is 0 Å². The van der Waals surface area contributed by atoms with Gasteiger partial charge in [-0.1, -0.05) is 139 Å². The summed E-state index contributed by atoms with van der Waals surface area (Å²) in [6, 6.07) is 0. The molecule has 0 aliphatic heterocycles. The Balaban J connectivity index is -0.000000285. The van der Waals surface area contributed by atoms with E-state index in [1.54, 1.807) is 62.3 Å². The summed E-state index contributed by atoms with van der Waals surface area (Å²) in [6.45, 7) is 23.7. The van der Waals surface area contributed by atoms with Gasteiger partial charge in [-0.05, 0) is 0 Å². The molecule has 0 aliphatic carbocycles. The van der Waals surface area contributed by atoms with E-state index in [1.165, 1.54) is 41.5 Å². The van der Waals surface area contributed by atoms with Crippen LogP contribution >= 0.6 is 0 Å². The molecule has 6 N–H and O–H groups in total. The SMILES string of the molecule is CC(C)(C)C(=O)CC(=O)C(C)(C)[C-](O)O.CC(C)(C)C(=O)CC(=O)C(C)(C)[C-](O)O.CC(C)(C)C(=O)CC(=O)C(C)(C)[C-](O)O.[Y+3]. The minimum absolute atomic E-state index is 0. The monoisotopic (exact) mass is 734 g/mol. The number of rotatable bonds is 12. The van der Waals surface area contributed by atoms with Crippen molar-refractivity contribution in [2.45, 2.75) is 123 Å². The number of hydrogen-bond donors (Lipinski definition) is 6. The number of aliphatic hydroxyl groups excluding tert-OH is 3. The molecule has 0 aromatic rings. The molecule has 0 radical (unpaired) electrons. The average molecular weight is 735 g/mol. The van der Waals surface area contributed by atoms with Gasteiger partial charge in [-0.25, -0.2) is 0 Å². The summed E-state index contributed by atoms with van der Waals surface area (Å²) in [6.07, 6.45) is -3.68. The minimum atomic E-state index is -1.37. The van der Waals surface area contributed by atoms with Crippen molar-refractivity contribution >= 4 is 34.7 Å². The molecule has 0 aromatic carbocycles. The van der Waals surface area contributed by atoms with Crippen molar-refractivity contribution < 1.29 is 92.1 Å². The molecule has 0 fully saturated rings. The standard InChI is InChI=1S/3C11H19O4.Y/c3*1-10(2,3)7(12)6-8(13)11(4,5)9(14)15;/h3*14-15H,6H2,1-5H3;/q3*-1;+3. The van der Waals surface area contributed by atoms with Crippen LogP contribution < -0.4 is 0 Å². The average Bonchev–Trinajstić information content (AvgIpc) is 2.82. The molecule has 0 atom stereocenters. The minimum Gasteiger partial charge on any atom is -0.535 e. The van der Waals surface area contributed by atoms with Crippen LogP contribution in [-0.2, 0) is 61.5 Å². The molecule has 0 heterocycles. The summed E-state index contributed by atoms with van der Waals surface area (Å²) in [5, 5.41) is 53.4. The Morgan fingerprint density at radius 1 is 0.348 bits per heavy atom. The van der Waals surface area contributed by atoms with Gasteiger partial charge in [0, 0.05) is 16.2 Å². The van der Waals surface area contributed by atoms with E-state index in [1.807, 2.05) is 0 Å². The van der Waals surface area contributed by atoms with Gasteiger partial charge >= 0.3 is 32.7 Å². The van der Waals surface area contributed by atoms with E-state index in [0.717, 1.165) is 0 Å². The Hall–Kier alpha value is -1.12. The van der Waals surface area contributed by atoms with Crippen molar-refractivity contribution in [1.29, 1.82) is 0 Å². The molecule has 0 amide bonds. The van der Waals surface area contributed by atoms with Crippen LogP contribution in [0.1, 0.15) is 123 Å². The number of hydrogen-bond acceptors (Lipinski definition) is 12. The molecule has 12 nitrogen and oxygen atoms in total. The largest absolute Gasteiger partial charge is 3.00 e. The fourth-order valence-electron chi connectivity index (χ4n) is 2.27. The predicted molar refractivity (Wildman–Crippen MR) is 165 cm³/mol. The van der Waals surface area contributed by atoms with Gasteiger partial charge in [-0.2, -0.15) is 0 Å². The van der Waals surface area contributed by atoms with Crippen molar-refractivity contribution in [3.63, 3.8) is 0 Å². The molecular weight excluding hydrogens is 677 g/mol. The fourth-order valence-corrected chi connectivity index (χ4v) is 2.27. The van der Waals surface area contributed by atoms with E-state index >= 15 is 0 Å². The van der Waals surface area contributed by atoms with Crippen LogP contribution in [0.4, 0.5) is 0 Å². The van der Waals surface area contributed by atoms with E-state index in [-0.39, 0.29) is 69.3 Å². The first-order chi connectivity index (χ1) is 19.5. The van der Waals surface area contributed by atoms with E-state index < -0.39 is 68.7 Å². The molecule has 13 heteroatoms. The number of carbonyl (C=O) groups excluding carboxylic acids is 6. The molecule has 0 saturated carbocycles. The molecule has 46 heavy (non-hydrogen) atoms. The summed E-state index contributed by atoms with van der Waals surface area (Å²) < 4.78 is 0. The maximum atomic E-state index is 11.6. The topological polar surface area (TPSA) is 224 Å². The van der Waals surface area contributed by atoms with Gasteiger partial charge < -0.3 is 45.0 Å². The maximum Gasteiger partial charge on any atom is 3.00 e. The van der Waals surface area contributed by atoms with Crippen LogP contribution in [0.3, 0.4) is 0 Å². The van der Waals surface area contributed by atoms with Gasteiger partial charge in [0.05, 0.1) is 19.3 Å². The summed E-state index contributed by atoms with van der Waals surface area (Å²) in [7, 11) is 0. The summed E-state index contributed by atoms with van der Waals surface area (Å²) in [5.41, 5.74) is -5.88. The maximum absolute atomic E-state index is 11.6. The Morgan fingerprint density at radius 3 is 0.565 bits per heavy atom. The number of Topliss-reactive ketones (excluding diaryl/α,β-unsaturated/α-hetero) is 6. The fraction of sp³-hybridized carbons (Fsp3) is 0.727. The van der Waals surface area contributed by atoms with E-state index in [4.69, 9.17) is 30.6 Å². The van der Waals surface area contributed by atoms with E-state index in [2.05, 4.69) is 0 Å². The molecule has 0 unspecified atom stereocenters. The van der Waals surface area contributed by atoms with E-state index in [9.17, 15) is 28.8 Å². The summed E-state index contributed by atoms with van der Waals surface area (Å²) in [4.78, 5) is 69.5. The van der Waals surface area contributed by atoms with Gasteiger partial charge in [0.2, 0.25) is 0 Å². The molecule has 0 aliphatic rings. The number of ketones is 6. The van der Waals surface area contributed by atoms with Crippen LogP contribution in [0.2, 0.25) is 0 Å². The third-order valence-electron chi connectivity index (χ3n) is 7.24. The molecule has 0 spiro atoms. The Morgan fingerprint density at radius 2 is 0.478 bits per heavy atom. The Kier molecular flexibility index (Phi) is 21.6. The van der Waals surface area contributed by atoms with E-state index in [0.29, 0.717) is 0 Å². The van der Waals surface area contributed by atoms with Crippen LogP contribution in [0.5, 0.6) is 0 Å². The third kappa shape index (κ3) is 17.9. The van der Waals surface area contributed by atoms with Crippen molar-refractivity contribution in [3.05, 3.63) is 18.9 Å². The van der Waals surface area contributed by atoms with Crippen LogP contribution in [0, 0.1) is 51.4 Å². The van der Waals surface area contributed by atoms with Crippen molar-refractivity contribution in [2.24, 2.45) is 32.5 Å². The molecule has 0 saturated heterocycles. The van der Waals surface area contributed by atoms with Gasteiger partial charge in [-0.15, -0.1) is 0 Å². The summed E-state index contributed by atoms with van der Waals surface area (Å²) in [5.74, 6) is -2.07. The smallest absolute Gasteiger partial charge is 0.535 e. The first-order valence-electron chi connectivity index (χ1n) is 14.4. The zero-order valence-electron chi connectivity index (χ0n) is 30.3. The van der Waals surface area contributed by atoms with Crippen LogP contribution in [0.25, 0.3) is 0 Å². The second-order valence-corrected chi connectivity index (χ2v) is 15.7. The normalized spacial score (nSPS) is 12.8. The number of carbonyl (C=O) groups is 6. The van der Waals surface area contributed by atoms with Crippen molar-refractivity contribution in [3.8, 4) is 0 Å². The Labute approximate surface area is 300 Å². The first-order valence-corrected chi connectivity index (χ1v) is 14.4. The Bertz CT molecular complexity index is 915. The quantitative estimate of drug-likeness (QED) is 0.109. The molecule has 0 bridgehead atoms. The summed E-state index contributed by atoms with van der Waals surface area (Å²) >= 11 is 0.